The van der Waals surface area contributed by atoms with E-state index in [1.165, 1.54) is 81.0 Å². The van der Waals surface area contributed by atoms with E-state index in [-0.39, 0.29) is 137 Å². The van der Waals surface area contributed by atoms with Gasteiger partial charge in [0.1, 0.15) is 87.4 Å². The number of anilines is 3. The molecule has 0 fully saturated rings. The van der Waals surface area contributed by atoms with Crippen LogP contribution in [-0.4, -0.2) is 119 Å². The number of carbonyl (C=O) groups excluding carboxylic acids is 7. The van der Waals surface area contributed by atoms with E-state index in [9.17, 15) is 67.5 Å². The monoisotopic (exact) mass is 1880 g/mol. The van der Waals surface area contributed by atoms with Crippen LogP contribution in [0.5, 0.6) is 17.2 Å². The summed E-state index contributed by atoms with van der Waals surface area (Å²) >= 11 is 9.74. The first kappa shape index (κ1) is 86.3. The number of aliphatic hydroxyl groups excluding tert-OH is 1. The Morgan fingerprint density at radius 2 is 0.810 bits per heavy atom. The number of nitrogens with one attached hydrogen (secondary N) is 5. The molecule has 0 radical (unpaired) electrons. The molecule has 33 nitrogen and oxygen atoms in total. The fourth-order valence-electron chi connectivity index (χ4n) is 9.79. The average molecular weight is 1880 g/mol. The van der Waals surface area contributed by atoms with E-state index in [4.69, 9.17) is 46.0 Å². The number of benzene rings is 3. The van der Waals surface area contributed by atoms with Gasteiger partial charge in [0, 0.05) is 93.1 Å². The van der Waals surface area contributed by atoms with Crippen molar-refractivity contribution in [2.75, 3.05) is 15.5 Å². The number of rotatable bonds is 19. The number of halogens is 6. The molecule has 9 rings (SSSR count). The molecule has 6 heterocycles. The van der Waals surface area contributed by atoms with Gasteiger partial charge in [-0.05, 0) is 248 Å². The van der Waals surface area contributed by atoms with Crippen LogP contribution < -0.4 is 41.0 Å². The number of carbonyl (C=O) groups is 7. The van der Waals surface area contributed by atoms with Gasteiger partial charge in [-0.1, -0.05) is 14.9 Å². The number of hydrogen-bond acceptors (Lipinski definition) is 24. The Hall–Kier alpha value is -12.5. The second kappa shape index (κ2) is 44.0. The average Bonchev–Trinajstić information content (AvgIpc) is 1.20. The summed E-state index contributed by atoms with van der Waals surface area (Å²) in [7, 11) is 0. The normalized spacial score (nSPS) is 13.0. The molecule has 0 spiro atoms. The lowest BCUT2D eigenvalue weighted by atomic mass is 10.0. The maximum Gasteiger partial charge on any atom is 0.425 e. The molecule has 0 aliphatic rings. The van der Waals surface area contributed by atoms with Gasteiger partial charge in [0.05, 0.1) is 42.8 Å². The van der Waals surface area contributed by atoms with Gasteiger partial charge in [0.2, 0.25) is 0 Å². The van der Waals surface area contributed by atoms with Crippen LogP contribution in [0.15, 0.2) is 123 Å². The summed E-state index contributed by atoms with van der Waals surface area (Å²) < 4.78 is 146. The lowest BCUT2D eigenvalue weighted by Gasteiger charge is -2.29. The van der Waals surface area contributed by atoms with Gasteiger partial charge in [-0.25, -0.2) is 47.3 Å². The maximum atomic E-state index is 14.5. The number of ether oxygens (including phenoxy) is 6. The predicted molar refractivity (Wildman–Crippen MR) is 451 cm³/mol. The van der Waals surface area contributed by atoms with Crippen molar-refractivity contribution in [3.8, 4) is 35.5 Å². The van der Waals surface area contributed by atoms with Gasteiger partial charge in [-0.3, -0.25) is 39.1 Å². The number of imide groups is 1. The highest BCUT2D eigenvalue weighted by molar-refractivity contribution is 9.11. The maximum absolute atomic E-state index is 14.5. The predicted octanol–water partition coefficient (Wildman–Crippen LogP) is 16.9. The molecule has 0 bridgehead atoms. The number of amides is 7. The zero-order valence-electron chi connectivity index (χ0n) is 75.5. The molecular weight excluding hydrogens is 1770 g/mol. The van der Waals surface area contributed by atoms with Crippen molar-refractivity contribution in [2.24, 2.45) is 20.9 Å². The van der Waals surface area contributed by atoms with Crippen molar-refractivity contribution < 1.29 is 97.7 Å². The largest absolute Gasteiger partial charge is 0.504 e. The third-order valence-electron chi connectivity index (χ3n) is 14.7. The molecule has 7 N–H and O–H groups in total. The molecule has 9 aromatic rings. The molecule has 3 aromatic carbocycles. The number of nitriles is 3. The summed E-state index contributed by atoms with van der Waals surface area (Å²) in [5.41, 5.74) is -2.90. The van der Waals surface area contributed by atoms with Crippen LogP contribution >= 0.6 is 47.8 Å². The number of aliphatic hydroxyl groups is 1. The highest BCUT2D eigenvalue weighted by Crippen LogP contribution is 2.37. The Morgan fingerprint density at radius 3 is 1.15 bits per heavy atom. The minimum Gasteiger partial charge on any atom is -0.504 e. The van der Waals surface area contributed by atoms with E-state index in [0.29, 0.717) is 32.4 Å². The third kappa shape index (κ3) is 31.6. The molecule has 0 aliphatic carbocycles. The summed E-state index contributed by atoms with van der Waals surface area (Å²) in [5.74, 6) is -4.05. The molecule has 0 saturated carbocycles. The molecule has 0 aliphatic heterocycles. The second-order valence-corrected chi connectivity index (χ2v) is 31.9. The Bertz CT molecular complexity index is 5690. The van der Waals surface area contributed by atoms with Crippen LogP contribution in [0.4, 0.5) is 49.8 Å². The molecule has 0 saturated heterocycles. The first-order chi connectivity index (χ1) is 59.1. The SMILES string of the molecule is C.C.CC(C)(C)OC(=O)Nc1ncc(Br)cc1O.[2H]C([2H])([2H])n1nc(CNC(=O)c2ccc(F)cc2[C@@H](C)Oc2cc(Br)cnc2N(C(=O)OC(C)(C)C)C(=O)OC(C)(C)C)cc1C#N.[2H]C([2H])([2H])n1nc(CNC(=O)c2ccc(F)cc2[C@@H](C)Oc2cc(Br)cnc2NC(=O)OC(C)(C)C)cc1C#N.[2H]C([2H])([2H])n1nc(CNC(=O)c2ccc(F)cc2[C@H](C)O)cc1C#N. The fraction of sp³-hybridized carbons (Fsp3) is 0.366. The van der Waals surface area contributed by atoms with Crippen LogP contribution in [0.25, 0.3) is 0 Å². The Kier molecular flexibility index (Phi) is 31.4. The Labute approximate surface area is 736 Å². The molecule has 0 unspecified atom stereocenters. The van der Waals surface area contributed by atoms with Crippen molar-refractivity contribution in [3.05, 3.63) is 208 Å². The van der Waals surface area contributed by atoms with Crippen LogP contribution in [0, 0.1) is 51.4 Å². The summed E-state index contributed by atoms with van der Waals surface area (Å²) in [6.07, 6.45) is -2.38. The first-order valence-electron chi connectivity index (χ1n) is 39.7. The lowest BCUT2D eigenvalue weighted by molar-refractivity contribution is 0.0423. The van der Waals surface area contributed by atoms with Gasteiger partial charge >= 0.3 is 24.4 Å². The fourth-order valence-corrected chi connectivity index (χ4v) is 10.7. The first-order valence-corrected chi connectivity index (χ1v) is 37.6. The zero-order valence-corrected chi connectivity index (χ0v) is 71.3. The van der Waals surface area contributed by atoms with E-state index in [0.717, 1.165) is 36.4 Å². The van der Waals surface area contributed by atoms with E-state index >= 15 is 0 Å². The highest BCUT2D eigenvalue weighted by atomic mass is 79.9. The van der Waals surface area contributed by atoms with Crippen LogP contribution in [-0.2, 0) is 59.5 Å². The molecule has 39 heteroatoms. The van der Waals surface area contributed by atoms with Crippen molar-refractivity contribution >= 4 is 107 Å². The van der Waals surface area contributed by atoms with E-state index in [2.05, 4.69) is 105 Å². The van der Waals surface area contributed by atoms with E-state index < -0.39 is 121 Å². The van der Waals surface area contributed by atoms with Gasteiger partial charge < -0.3 is 54.6 Å². The van der Waals surface area contributed by atoms with E-state index in [1.807, 2.05) is 0 Å². The molecule has 121 heavy (non-hydrogen) atoms. The number of aryl methyl sites for hydroxylation is 3. The summed E-state index contributed by atoms with van der Waals surface area (Å²) in [5, 5.41) is 70.7. The van der Waals surface area contributed by atoms with Crippen molar-refractivity contribution in [3.63, 3.8) is 0 Å². The number of aromatic hydroxyl groups is 1. The molecule has 646 valence electrons. The van der Waals surface area contributed by atoms with Crippen molar-refractivity contribution in [1.82, 2.24) is 60.2 Å². The van der Waals surface area contributed by atoms with Crippen molar-refractivity contribution in [2.45, 2.75) is 179 Å². The van der Waals surface area contributed by atoms with Crippen LogP contribution in [0.3, 0.4) is 0 Å². The van der Waals surface area contributed by atoms with Crippen LogP contribution in [0.2, 0.25) is 0 Å². The topological polar surface area (TPSA) is 442 Å². The second-order valence-electron chi connectivity index (χ2n) is 29.1. The van der Waals surface area contributed by atoms with Gasteiger partial charge in [-0.15, -0.1) is 0 Å². The molecule has 6 aromatic heterocycles. The molecular formula is C82H96Br3F3N18O15. The molecule has 7 amide bonds. The zero-order chi connectivity index (χ0) is 96.4. The highest BCUT2D eigenvalue weighted by Gasteiger charge is 2.37. The van der Waals surface area contributed by atoms with Gasteiger partial charge in [0.25, 0.3) is 17.7 Å². The quantitative estimate of drug-likeness (QED) is 0.0370. The molecule has 3 atom stereocenters. The number of aromatic nitrogens is 9. The van der Waals surface area contributed by atoms with Gasteiger partial charge in [-0.2, -0.15) is 36.0 Å². The Morgan fingerprint density at radius 1 is 0.488 bits per heavy atom. The van der Waals surface area contributed by atoms with Crippen LogP contribution in [0.1, 0.15) is 231 Å². The number of nitrogens with zero attached hydrogens (tertiary/aromatic N) is 13. The summed E-state index contributed by atoms with van der Waals surface area (Å²) in [6, 6.07) is 23.7. The minimum atomic E-state index is -2.70. The summed E-state index contributed by atoms with van der Waals surface area (Å²) in [6.45, 7) is 16.0. The van der Waals surface area contributed by atoms with E-state index in [1.54, 1.807) is 114 Å². The minimum absolute atomic E-state index is 0. The third-order valence-corrected chi connectivity index (χ3v) is 16.0. The number of hydrogen-bond donors (Lipinski definition) is 7. The standard InChI is InChI=1S/C30H34BrFN6O6.C25H26BrFN6O4.C15H15FN4O2.C10H13BrN2O3.2CH4/c1-17(23-12-19(32)9-10-22(23)26(39)35-16-20-13-21(14-33)37(8)36-20)42-24-11-18(31)15-34-25(24)38(27(40)43-29(2,3)4)28(41)44-30(5,6)7;1-14(36-21-8-15(26)12-29-22(21)31-24(35)37-25(2,3)4)20-9-16(27)6-7-19(20)23(34)30-13-17-10-18(11-28)33(5)32-17;1-9(21)14-5-10(16)3-4-13(14)15(22)18-8-11-6-12(7-17)20(2)19-11;1-10(2,3)16-9(15)13-8-7(14)4-6(11)5-12-8;;/h9-13,15,17H,16H2,1-8H3,(H,35,39);6-10,12,14H,13H2,1-5H3,(H,30,34)(H,29,31,35);3-6,9,21H,8H2,1-2H3,(H,18,22);4-5,14H,1-3H3,(H,12,13,15);2*1H4/t17-;14-;9-;;;/m110.../s1/i8D3;5D3;2D3;;;. The van der Waals surface area contributed by atoms with Gasteiger partial charge in [0.15, 0.2) is 34.7 Å². The Balaban J connectivity index is 0.000000384. The van der Waals surface area contributed by atoms with Crippen molar-refractivity contribution in [1.29, 1.82) is 15.8 Å². The summed E-state index contributed by atoms with van der Waals surface area (Å²) in [4.78, 5) is 102. The number of pyridine rings is 3. The lowest BCUT2D eigenvalue weighted by Crippen LogP contribution is -2.44. The smallest absolute Gasteiger partial charge is 0.425 e.